The summed E-state index contributed by atoms with van der Waals surface area (Å²) in [5, 5.41) is 2.53. The molecule has 6 aliphatic rings. The average molecular weight is 954 g/mol. The van der Waals surface area contributed by atoms with Crippen LogP contribution >= 0.6 is 18.9 Å². The summed E-state index contributed by atoms with van der Waals surface area (Å²) in [5.41, 5.74) is 19.9. The Morgan fingerprint density at radius 3 is 1.56 bits per heavy atom. The minimum absolute atomic E-state index is 0.171. The second kappa shape index (κ2) is 14.8. The SMILES string of the molecule is O=P(c1ccccc1)(c1ccc2c(c1)C1(c3ccccc3-c3ccc(N4c5ccccc5Sc5ccccc54)cc31)c1ccccc1-2)c1ccc2c(c1)C1(c3ccccc3-2)c2ccccc2C2C=CC=CC21. The van der Waals surface area contributed by atoms with Gasteiger partial charge in [0.25, 0.3) is 0 Å². The Hall–Kier alpha value is -7.94. The zero-order valence-corrected chi connectivity index (χ0v) is 40.8. The van der Waals surface area contributed by atoms with Crippen molar-refractivity contribution >= 4 is 51.9 Å². The molecule has 5 aliphatic carbocycles. The van der Waals surface area contributed by atoms with Gasteiger partial charge in [-0.15, -0.1) is 0 Å². The summed E-state index contributed by atoms with van der Waals surface area (Å²) in [5.74, 6) is 0.408. The van der Waals surface area contributed by atoms with Gasteiger partial charge in [-0.25, -0.2) is 0 Å². The minimum Gasteiger partial charge on any atom is -0.309 e. The zero-order valence-electron chi connectivity index (χ0n) is 39.1. The maximum atomic E-state index is 17.5. The summed E-state index contributed by atoms with van der Waals surface area (Å²) >= 11 is 1.83. The van der Waals surface area contributed by atoms with E-state index in [-0.39, 0.29) is 11.8 Å². The fourth-order valence-corrected chi connectivity index (χ4v) is 18.0. The summed E-state index contributed by atoms with van der Waals surface area (Å²) < 4.78 is 17.5. The summed E-state index contributed by atoms with van der Waals surface area (Å²) in [4.78, 5) is 4.92. The molecule has 0 saturated carbocycles. The van der Waals surface area contributed by atoms with E-state index in [1.165, 1.54) is 99.1 Å². The number of fused-ring (bicyclic) bond motifs is 22. The predicted molar refractivity (Wildman–Crippen MR) is 297 cm³/mol. The van der Waals surface area contributed by atoms with Gasteiger partial charge >= 0.3 is 0 Å². The van der Waals surface area contributed by atoms with E-state index in [4.69, 9.17) is 0 Å². The third-order valence-corrected chi connectivity index (χ3v) is 21.2. The molecule has 2 nitrogen and oxygen atoms in total. The number of allylic oxidation sites excluding steroid dienone is 4. The highest BCUT2D eigenvalue weighted by molar-refractivity contribution is 7.99. The molecule has 72 heavy (non-hydrogen) atoms. The van der Waals surface area contributed by atoms with E-state index in [1.54, 1.807) is 0 Å². The van der Waals surface area contributed by atoms with Gasteiger partial charge in [0.2, 0.25) is 0 Å². The van der Waals surface area contributed by atoms with Crippen molar-refractivity contribution in [3.8, 4) is 33.4 Å². The Labute approximate surface area is 424 Å². The quantitative estimate of drug-likeness (QED) is 0.164. The minimum atomic E-state index is -3.58. The Morgan fingerprint density at radius 2 is 0.875 bits per heavy atom. The van der Waals surface area contributed by atoms with Gasteiger partial charge in [-0.3, -0.25) is 0 Å². The van der Waals surface area contributed by atoms with E-state index >= 15 is 4.57 Å². The maximum absolute atomic E-state index is 17.5. The molecule has 5 atom stereocenters. The molecule has 16 rings (SSSR count). The number of benzene rings is 10. The van der Waals surface area contributed by atoms with E-state index in [0.717, 1.165) is 21.6 Å². The van der Waals surface area contributed by atoms with Crippen LogP contribution in [0.1, 0.15) is 50.4 Å². The first kappa shape index (κ1) is 40.8. The van der Waals surface area contributed by atoms with E-state index in [2.05, 4.69) is 254 Å². The largest absolute Gasteiger partial charge is 0.309 e. The molecule has 1 heterocycles. The standard InChI is InChI=1S/C68H44NOPS/c70-71(44-18-2-1-3-19-44,45-35-38-53-50-23-6-11-27-57(50)67(61(53)41-45)55-25-9-4-20-47(55)48-21-5-10-26-56(48)67)46-36-39-54-51-24-8-13-29-59(51)68(62(54)42-46)58-28-12-7-22-49(58)52-37-34-43(40-60(52)68)69-63-30-14-16-32-65(63)72-66-33-17-15-31-64(66)69/h1-42,47,55H. The van der Waals surface area contributed by atoms with Crippen molar-refractivity contribution in [1.82, 2.24) is 0 Å². The van der Waals surface area contributed by atoms with Crippen molar-refractivity contribution in [3.63, 3.8) is 0 Å². The van der Waals surface area contributed by atoms with E-state index in [1.807, 2.05) is 17.8 Å². The van der Waals surface area contributed by atoms with Crippen LogP contribution < -0.4 is 20.8 Å². The van der Waals surface area contributed by atoms with Crippen LogP contribution in [0, 0.1) is 5.92 Å². The first-order valence-corrected chi connectivity index (χ1v) is 27.6. The van der Waals surface area contributed by atoms with Crippen LogP contribution in [0.5, 0.6) is 0 Å². The monoisotopic (exact) mass is 953 g/mol. The van der Waals surface area contributed by atoms with Gasteiger partial charge in [0, 0.05) is 43.2 Å². The Bertz CT molecular complexity index is 4050. The summed E-state index contributed by atoms with van der Waals surface area (Å²) in [6.45, 7) is 0. The van der Waals surface area contributed by atoms with Crippen LogP contribution in [0.4, 0.5) is 17.1 Å². The lowest BCUT2D eigenvalue weighted by Gasteiger charge is -2.36. The first-order chi connectivity index (χ1) is 35.6. The van der Waals surface area contributed by atoms with Gasteiger partial charge in [-0.1, -0.05) is 218 Å². The van der Waals surface area contributed by atoms with Gasteiger partial charge in [-0.05, 0) is 126 Å². The zero-order chi connectivity index (χ0) is 47.3. The van der Waals surface area contributed by atoms with Crippen molar-refractivity contribution in [1.29, 1.82) is 0 Å². The first-order valence-electron chi connectivity index (χ1n) is 25.1. The van der Waals surface area contributed by atoms with Crippen molar-refractivity contribution in [3.05, 3.63) is 299 Å². The van der Waals surface area contributed by atoms with Gasteiger partial charge in [-0.2, -0.15) is 0 Å². The lowest BCUT2D eigenvalue weighted by atomic mass is 9.65. The molecule has 0 amide bonds. The molecule has 0 saturated heterocycles. The molecule has 5 unspecified atom stereocenters. The van der Waals surface area contributed by atoms with Crippen molar-refractivity contribution in [2.75, 3.05) is 4.90 Å². The van der Waals surface area contributed by atoms with Crippen molar-refractivity contribution < 1.29 is 4.57 Å². The fraction of sp³-hybridized carbons (Fsp3) is 0.0588. The highest BCUT2D eigenvalue weighted by atomic mass is 32.2. The molecular weight excluding hydrogens is 910 g/mol. The fourth-order valence-electron chi connectivity index (χ4n) is 14.3. The van der Waals surface area contributed by atoms with Crippen molar-refractivity contribution in [2.45, 2.75) is 26.5 Å². The third-order valence-electron chi connectivity index (χ3n) is 17.0. The van der Waals surface area contributed by atoms with Crippen LogP contribution in [0.25, 0.3) is 33.4 Å². The number of anilines is 3. The summed E-state index contributed by atoms with van der Waals surface area (Å²) in [6.07, 6.45) is 9.27. The predicted octanol–water partition coefficient (Wildman–Crippen LogP) is 15.8. The number of hydrogen-bond acceptors (Lipinski definition) is 3. The molecule has 2 spiro atoms. The smallest absolute Gasteiger partial charge is 0.171 e. The van der Waals surface area contributed by atoms with E-state index < -0.39 is 18.0 Å². The Balaban J connectivity index is 0.946. The lowest BCUT2D eigenvalue weighted by Crippen LogP contribution is -2.34. The summed E-state index contributed by atoms with van der Waals surface area (Å²) in [7, 11) is -3.58. The molecule has 338 valence electrons. The molecular formula is C68H44NOPS. The number of para-hydroxylation sites is 2. The molecule has 0 aromatic heterocycles. The molecule has 0 fully saturated rings. The van der Waals surface area contributed by atoms with Gasteiger partial charge in [0.1, 0.15) is 0 Å². The molecule has 10 aromatic carbocycles. The van der Waals surface area contributed by atoms with Crippen LogP contribution in [-0.2, 0) is 15.4 Å². The number of rotatable bonds is 4. The molecule has 4 heteroatoms. The molecule has 0 bridgehead atoms. The van der Waals surface area contributed by atoms with Crippen LogP contribution in [0.2, 0.25) is 0 Å². The van der Waals surface area contributed by atoms with Crippen molar-refractivity contribution in [2.24, 2.45) is 5.92 Å². The average Bonchev–Trinajstić information content (AvgIpc) is 4.14. The Kier molecular flexibility index (Phi) is 8.38. The highest BCUT2D eigenvalue weighted by Gasteiger charge is 2.58. The molecule has 10 aromatic rings. The normalized spacial score (nSPS) is 21.1. The van der Waals surface area contributed by atoms with Gasteiger partial charge < -0.3 is 9.46 Å². The van der Waals surface area contributed by atoms with E-state index in [0.29, 0.717) is 0 Å². The van der Waals surface area contributed by atoms with E-state index in [9.17, 15) is 0 Å². The van der Waals surface area contributed by atoms with Gasteiger partial charge in [0.15, 0.2) is 7.14 Å². The second-order valence-corrected chi connectivity index (χ2v) is 24.0. The van der Waals surface area contributed by atoms with Crippen LogP contribution in [0.3, 0.4) is 0 Å². The topological polar surface area (TPSA) is 20.3 Å². The molecule has 0 N–H and O–H groups in total. The summed E-state index contributed by atoms with van der Waals surface area (Å²) in [6, 6.07) is 84.7. The lowest BCUT2D eigenvalue weighted by molar-refractivity contribution is 0.466. The van der Waals surface area contributed by atoms with Crippen LogP contribution in [-0.4, -0.2) is 0 Å². The highest BCUT2D eigenvalue weighted by Crippen LogP contribution is 2.67. The third kappa shape index (κ3) is 5.05. The maximum Gasteiger partial charge on any atom is 0.171 e. The molecule has 0 radical (unpaired) electrons. The molecule has 1 aliphatic heterocycles. The number of hydrogen-bond donors (Lipinski definition) is 0. The second-order valence-electron chi connectivity index (χ2n) is 20.1. The number of nitrogens with zero attached hydrogens (tertiary/aromatic N) is 1. The Morgan fingerprint density at radius 1 is 0.389 bits per heavy atom. The van der Waals surface area contributed by atoms with Crippen LogP contribution in [0.15, 0.2) is 265 Å². The van der Waals surface area contributed by atoms with Gasteiger partial charge in [0.05, 0.1) is 22.2 Å².